The number of fused-ring (bicyclic) bond motifs is 1. The summed E-state index contributed by atoms with van der Waals surface area (Å²) in [6.07, 6.45) is 9.68. The Kier molecular flexibility index (Phi) is 5.56. The molecule has 1 saturated carbocycles. The van der Waals surface area contributed by atoms with Crippen LogP contribution in [0.25, 0.3) is 16.6 Å². The van der Waals surface area contributed by atoms with Crippen LogP contribution in [0.5, 0.6) is 0 Å². The zero-order valence-electron chi connectivity index (χ0n) is 16.1. The van der Waals surface area contributed by atoms with Gasteiger partial charge < -0.3 is 9.72 Å². The van der Waals surface area contributed by atoms with Crippen LogP contribution in [-0.4, -0.2) is 22.1 Å². The molecule has 0 atom stereocenters. The zero-order chi connectivity index (χ0) is 19.3. The molecule has 1 N–H and O–H groups in total. The molecule has 28 heavy (non-hydrogen) atoms. The highest BCUT2D eigenvalue weighted by molar-refractivity contribution is 6.43. The van der Waals surface area contributed by atoms with Gasteiger partial charge in [0.25, 0.3) is 11.7 Å². The fourth-order valence-corrected chi connectivity index (χ4v) is 4.15. The lowest BCUT2D eigenvalue weighted by Gasteiger charge is -2.20. The van der Waals surface area contributed by atoms with E-state index in [1.165, 1.54) is 19.3 Å². The minimum Gasteiger partial charge on any atom is -0.346 e. The van der Waals surface area contributed by atoms with Crippen LogP contribution in [0, 0.1) is 0 Å². The molecule has 0 bridgehead atoms. The molecule has 1 aliphatic rings. The van der Waals surface area contributed by atoms with Crippen molar-refractivity contribution in [3.8, 4) is 11.1 Å². The third-order valence-electron chi connectivity index (χ3n) is 5.63. The van der Waals surface area contributed by atoms with Gasteiger partial charge in [-0.05, 0) is 36.6 Å². The lowest BCUT2D eigenvalue weighted by molar-refractivity contribution is -0.117. The minimum absolute atomic E-state index is 0.100. The van der Waals surface area contributed by atoms with Crippen molar-refractivity contribution in [2.24, 2.45) is 0 Å². The van der Waals surface area contributed by atoms with Gasteiger partial charge in [-0.25, -0.2) is 0 Å². The molecule has 0 radical (unpaired) electrons. The molecule has 144 valence electrons. The number of amides is 1. The maximum Gasteiger partial charge on any atom is 0.294 e. The molecule has 0 spiro atoms. The van der Waals surface area contributed by atoms with Gasteiger partial charge in [-0.3, -0.25) is 9.59 Å². The highest BCUT2D eigenvalue weighted by atomic mass is 16.2. The van der Waals surface area contributed by atoms with Crippen LogP contribution in [0.1, 0.15) is 55.4 Å². The van der Waals surface area contributed by atoms with Crippen LogP contribution in [0.15, 0.2) is 60.8 Å². The first-order valence-electron chi connectivity index (χ1n) is 10.2. The Hall–Kier alpha value is -2.88. The average Bonchev–Trinajstić information content (AvgIpc) is 3.09. The van der Waals surface area contributed by atoms with Crippen LogP contribution in [-0.2, 0) is 4.79 Å². The topological polar surface area (TPSA) is 50.6 Å². The number of aromatic nitrogens is 1. The normalized spacial score (nSPS) is 15.7. The number of benzene rings is 1. The number of hydrogen-bond donors (Lipinski definition) is 1. The number of pyridine rings is 1. The highest BCUT2D eigenvalue weighted by Gasteiger charge is 2.26. The summed E-state index contributed by atoms with van der Waals surface area (Å²) in [5, 5.41) is 3.02. The maximum absolute atomic E-state index is 13.2. The molecule has 2 aromatic heterocycles. The first-order chi connectivity index (χ1) is 13.7. The van der Waals surface area contributed by atoms with E-state index in [2.05, 4.69) is 5.32 Å². The molecule has 1 fully saturated rings. The fourth-order valence-electron chi connectivity index (χ4n) is 4.15. The predicted octanol–water partition coefficient (Wildman–Crippen LogP) is 5.02. The van der Waals surface area contributed by atoms with E-state index in [-0.39, 0.29) is 6.04 Å². The van der Waals surface area contributed by atoms with Gasteiger partial charge in [0, 0.05) is 23.3 Å². The van der Waals surface area contributed by atoms with Gasteiger partial charge >= 0.3 is 0 Å². The summed E-state index contributed by atoms with van der Waals surface area (Å²) >= 11 is 0. The first-order valence-corrected chi connectivity index (χ1v) is 10.2. The van der Waals surface area contributed by atoms with E-state index in [1.54, 1.807) is 0 Å². The Morgan fingerprint density at radius 3 is 2.29 bits per heavy atom. The van der Waals surface area contributed by atoms with Crippen LogP contribution in [0.2, 0.25) is 0 Å². The van der Waals surface area contributed by atoms with Crippen molar-refractivity contribution in [1.82, 2.24) is 9.72 Å². The maximum atomic E-state index is 13.2. The highest BCUT2D eigenvalue weighted by Crippen LogP contribution is 2.28. The van der Waals surface area contributed by atoms with Crippen molar-refractivity contribution < 1.29 is 9.59 Å². The molecule has 0 aliphatic heterocycles. The summed E-state index contributed by atoms with van der Waals surface area (Å²) in [4.78, 5) is 26.1. The summed E-state index contributed by atoms with van der Waals surface area (Å²) < 4.78 is 1.82. The van der Waals surface area contributed by atoms with E-state index in [9.17, 15) is 9.59 Å². The first kappa shape index (κ1) is 18.5. The summed E-state index contributed by atoms with van der Waals surface area (Å²) in [6, 6.07) is 17.6. The van der Waals surface area contributed by atoms with E-state index >= 15 is 0 Å². The molecule has 0 saturated heterocycles. The summed E-state index contributed by atoms with van der Waals surface area (Å²) in [6.45, 7) is 0. The van der Waals surface area contributed by atoms with E-state index in [4.69, 9.17) is 0 Å². The van der Waals surface area contributed by atoms with Crippen molar-refractivity contribution in [2.75, 3.05) is 0 Å². The van der Waals surface area contributed by atoms with Gasteiger partial charge in [-0.15, -0.1) is 0 Å². The van der Waals surface area contributed by atoms with Crippen molar-refractivity contribution in [1.29, 1.82) is 0 Å². The summed E-state index contributed by atoms with van der Waals surface area (Å²) in [5.74, 6) is -0.960. The summed E-state index contributed by atoms with van der Waals surface area (Å²) in [5.41, 5.74) is 3.08. The van der Waals surface area contributed by atoms with E-state index in [1.807, 2.05) is 65.2 Å². The monoisotopic (exact) mass is 374 g/mol. The second-order valence-electron chi connectivity index (χ2n) is 7.61. The molecule has 4 nitrogen and oxygen atoms in total. The van der Waals surface area contributed by atoms with Gasteiger partial charge in [0.15, 0.2) is 0 Å². The minimum atomic E-state index is -0.494. The molecular formula is C24H26N2O2. The van der Waals surface area contributed by atoms with Crippen molar-refractivity contribution in [3.63, 3.8) is 0 Å². The van der Waals surface area contributed by atoms with E-state index < -0.39 is 11.7 Å². The van der Waals surface area contributed by atoms with E-state index in [0.29, 0.717) is 5.69 Å². The van der Waals surface area contributed by atoms with Gasteiger partial charge in [0.2, 0.25) is 0 Å². The van der Waals surface area contributed by atoms with Gasteiger partial charge in [0.05, 0.1) is 0 Å². The summed E-state index contributed by atoms with van der Waals surface area (Å²) in [7, 11) is 0. The molecular weight excluding hydrogens is 348 g/mol. The lowest BCUT2D eigenvalue weighted by atomic mass is 9.96. The SMILES string of the molecule is O=C(NC1CCCCCCC1)C(=O)c1c(-c2ccccc2)cc2ccccn12. The molecule has 0 unspecified atom stereocenters. The molecule has 1 aliphatic carbocycles. The number of carbonyl (C=O) groups excluding carboxylic acids is 2. The molecule has 1 amide bonds. The zero-order valence-corrected chi connectivity index (χ0v) is 16.1. The molecule has 2 heterocycles. The van der Waals surface area contributed by atoms with Crippen molar-refractivity contribution in [2.45, 2.75) is 51.0 Å². The Labute approximate surface area is 165 Å². The number of ketones is 1. The Morgan fingerprint density at radius 1 is 0.857 bits per heavy atom. The largest absolute Gasteiger partial charge is 0.346 e. The van der Waals surface area contributed by atoms with E-state index in [0.717, 1.165) is 42.3 Å². The lowest BCUT2D eigenvalue weighted by Crippen LogP contribution is -2.40. The Bertz CT molecular complexity index is 967. The van der Waals surface area contributed by atoms with Gasteiger partial charge in [0.1, 0.15) is 5.69 Å². The Morgan fingerprint density at radius 2 is 1.54 bits per heavy atom. The molecule has 4 heteroatoms. The predicted molar refractivity (Wildman–Crippen MR) is 111 cm³/mol. The van der Waals surface area contributed by atoms with Crippen LogP contribution in [0.4, 0.5) is 0 Å². The second kappa shape index (κ2) is 8.42. The quantitative estimate of drug-likeness (QED) is 0.515. The molecule has 3 aromatic rings. The molecule has 1 aromatic carbocycles. The number of nitrogens with zero attached hydrogens (tertiary/aromatic N) is 1. The number of hydrogen-bond acceptors (Lipinski definition) is 2. The van der Waals surface area contributed by atoms with Crippen LogP contribution >= 0.6 is 0 Å². The van der Waals surface area contributed by atoms with Crippen molar-refractivity contribution >= 4 is 17.2 Å². The van der Waals surface area contributed by atoms with Crippen LogP contribution < -0.4 is 5.32 Å². The van der Waals surface area contributed by atoms with Crippen LogP contribution in [0.3, 0.4) is 0 Å². The number of nitrogens with one attached hydrogen (secondary N) is 1. The number of rotatable bonds is 4. The number of carbonyl (C=O) groups is 2. The third-order valence-corrected chi connectivity index (χ3v) is 5.63. The smallest absolute Gasteiger partial charge is 0.294 e. The Balaban J connectivity index is 1.65. The third kappa shape index (κ3) is 3.86. The fraction of sp³-hybridized carbons (Fsp3) is 0.333. The number of Topliss-reactive ketones (excluding diaryl/α,β-unsaturated/α-hetero) is 1. The molecule has 4 rings (SSSR count). The van der Waals surface area contributed by atoms with Gasteiger partial charge in [-0.1, -0.05) is 68.5 Å². The average molecular weight is 374 g/mol. The van der Waals surface area contributed by atoms with Gasteiger partial charge in [-0.2, -0.15) is 0 Å². The standard InChI is InChI=1S/C24H26N2O2/c27-23(24(28)25-19-13-7-2-1-3-8-14-19)22-21(18-11-5-4-6-12-18)17-20-15-9-10-16-26(20)22/h4-6,9-12,15-17,19H,1-3,7-8,13-14H2,(H,25,28). The second-order valence-corrected chi connectivity index (χ2v) is 7.61. The van der Waals surface area contributed by atoms with Crippen molar-refractivity contribution in [3.05, 3.63) is 66.5 Å².